The van der Waals surface area contributed by atoms with Crippen molar-refractivity contribution in [2.45, 2.75) is 19.9 Å². The van der Waals surface area contributed by atoms with E-state index < -0.39 is 0 Å². The second-order valence-electron chi connectivity index (χ2n) is 4.45. The lowest BCUT2D eigenvalue weighted by atomic mass is 10.3. The van der Waals surface area contributed by atoms with Gasteiger partial charge in [0.05, 0.1) is 5.69 Å². The Morgan fingerprint density at radius 1 is 1.50 bits per heavy atom. The Bertz CT molecular complexity index is 387. The van der Waals surface area contributed by atoms with Crippen molar-refractivity contribution in [1.82, 2.24) is 15.2 Å². The van der Waals surface area contributed by atoms with Crippen LogP contribution in [-0.4, -0.2) is 42.0 Å². The lowest BCUT2D eigenvalue weighted by Gasteiger charge is -2.20. The van der Waals surface area contributed by atoms with Crippen LogP contribution in [0.3, 0.4) is 0 Å². The number of pyridine rings is 1. The molecule has 0 aliphatic heterocycles. The third-order valence-corrected chi connectivity index (χ3v) is 2.74. The molecule has 1 N–H and O–H groups in total. The molecular weight excluding hydrogens is 226 g/mol. The lowest BCUT2D eigenvalue weighted by molar-refractivity contribution is -0.116. The number of nitrogens with one attached hydrogen (secondary N) is 1. The minimum absolute atomic E-state index is 0.0854. The van der Waals surface area contributed by atoms with E-state index in [-0.39, 0.29) is 5.91 Å². The molecule has 4 heteroatoms. The lowest BCUT2D eigenvalue weighted by Crippen LogP contribution is -2.35. The Hall–Kier alpha value is -1.68. The first-order chi connectivity index (χ1) is 8.59. The summed E-state index contributed by atoms with van der Waals surface area (Å²) in [6.45, 7) is 5.76. The number of likely N-dealkylation sites (N-methyl/N-ethyl adjacent to an activating group) is 1. The first-order valence-electron chi connectivity index (χ1n) is 6.17. The van der Waals surface area contributed by atoms with E-state index in [0.29, 0.717) is 12.6 Å². The Morgan fingerprint density at radius 3 is 2.89 bits per heavy atom. The third-order valence-electron chi connectivity index (χ3n) is 2.74. The predicted molar refractivity (Wildman–Crippen MR) is 74.0 cm³/mol. The molecule has 0 aliphatic carbocycles. The number of hydrogen-bond donors (Lipinski definition) is 1. The van der Waals surface area contributed by atoms with E-state index in [1.54, 1.807) is 12.3 Å². The maximum Gasteiger partial charge on any atom is 0.244 e. The highest BCUT2D eigenvalue weighted by molar-refractivity contribution is 5.91. The van der Waals surface area contributed by atoms with Gasteiger partial charge >= 0.3 is 0 Å². The van der Waals surface area contributed by atoms with Crippen LogP contribution in [0.2, 0.25) is 0 Å². The molecule has 0 radical (unpaired) electrons. The highest BCUT2D eigenvalue weighted by atomic mass is 16.1. The Kier molecular flexibility index (Phi) is 6.08. The smallest absolute Gasteiger partial charge is 0.244 e. The van der Waals surface area contributed by atoms with Gasteiger partial charge in [-0.25, -0.2) is 0 Å². The monoisotopic (exact) mass is 247 g/mol. The molecule has 4 nitrogen and oxygen atoms in total. The van der Waals surface area contributed by atoms with Gasteiger partial charge in [-0.2, -0.15) is 0 Å². The highest BCUT2D eigenvalue weighted by Gasteiger charge is 2.02. The maximum atomic E-state index is 11.5. The number of aromatic nitrogens is 1. The van der Waals surface area contributed by atoms with Crippen LogP contribution < -0.4 is 5.32 Å². The largest absolute Gasteiger partial charge is 0.351 e. The van der Waals surface area contributed by atoms with Gasteiger partial charge in [0.2, 0.25) is 5.91 Å². The van der Waals surface area contributed by atoms with E-state index in [4.69, 9.17) is 0 Å². The molecule has 1 amide bonds. The van der Waals surface area contributed by atoms with E-state index in [0.717, 1.165) is 12.2 Å². The Labute approximate surface area is 109 Å². The van der Waals surface area contributed by atoms with E-state index in [9.17, 15) is 4.79 Å². The quantitative estimate of drug-likeness (QED) is 0.776. The van der Waals surface area contributed by atoms with Crippen LogP contribution in [-0.2, 0) is 4.79 Å². The molecule has 0 aliphatic rings. The molecule has 0 saturated heterocycles. The van der Waals surface area contributed by atoms with Crippen molar-refractivity contribution in [3.05, 3.63) is 36.2 Å². The van der Waals surface area contributed by atoms with Crippen LogP contribution in [0.1, 0.15) is 19.5 Å². The predicted octanol–water partition coefficient (Wildman–Crippen LogP) is 1.55. The topological polar surface area (TPSA) is 45.2 Å². The van der Waals surface area contributed by atoms with Crippen LogP contribution in [0.5, 0.6) is 0 Å². The van der Waals surface area contributed by atoms with Crippen LogP contribution >= 0.6 is 0 Å². The summed E-state index contributed by atoms with van der Waals surface area (Å²) in [6.07, 6.45) is 4.92. The van der Waals surface area contributed by atoms with Crippen molar-refractivity contribution in [2.24, 2.45) is 0 Å². The Balaban J connectivity index is 2.28. The van der Waals surface area contributed by atoms with Crippen LogP contribution in [0.25, 0.3) is 6.08 Å². The number of rotatable bonds is 6. The molecule has 0 spiro atoms. The first-order valence-corrected chi connectivity index (χ1v) is 6.17. The molecule has 0 fully saturated rings. The van der Waals surface area contributed by atoms with Crippen molar-refractivity contribution in [3.8, 4) is 0 Å². The molecular formula is C14H21N3O. The molecule has 0 unspecified atom stereocenters. The van der Waals surface area contributed by atoms with E-state index in [1.807, 2.05) is 25.2 Å². The summed E-state index contributed by atoms with van der Waals surface area (Å²) >= 11 is 0. The second-order valence-corrected chi connectivity index (χ2v) is 4.45. The van der Waals surface area contributed by atoms with E-state index >= 15 is 0 Å². The molecule has 1 aromatic rings. The number of amides is 1. The summed E-state index contributed by atoms with van der Waals surface area (Å²) in [6, 6.07) is 6.09. The van der Waals surface area contributed by atoms with Crippen LogP contribution in [0.4, 0.5) is 0 Å². The zero-order chi connectivity index (χ0) is 13.4. The molecule has 0 saturated carbocycles. The number of nitrogens with zero attached hydrogens (tertiary/aromatic N) is 2. The number of carbonyl (C=O) groups excluding carboxylic acids is 1. The van der Waals surface area contributed by atoms with E-state index in [2.05, 4.69) is 29.0 Å². The average molecular weight is 247 g/mol. The summed E-state index contributed by atoms with van der Waals surface area (Å²) in [5, 5.41) is 2.84. The number of carbonyl (C=O) groups is 1. The zero-order valence-corrected chi connectivity index (χ0v) is 11.3. The summed E-state index contributed by atoms with van der Waals surface area (Å²) in [4.78, 5) is 17.8. The fourth-order valence-electron chi connectivity index (χ4n) is 1.31. The molecule has 0 aromatic carbocycles. The minimum atomic E-state index is -0.0854. The van der Waals surface area contributed by atoms with Gasteiger partial charge in [-0.3, -0.25) is 9.78 Å². The van der Waals surface area contributed by atoms with Gasteiger partial charge in [-0.05, 0) is 39.1 Å². The standard InChI is InChI=1S/C14H21N3O/c1-12(2)17(3)11-10-16-14(18)8-7-13-6-4-5-9-15-13/h4-9,12H,10-11H2,1-3H3,(H,16,18)/b8-7+. The summed E-state index contributed by atoms with van der Waals surface area (Å²) in [5.74, 6) is -0.0854. The summed E-state index contributed by atoms with van der Waals surface area (Å²) in [7, 11) is 2.04. The molecule has 1 heterocycles. The molecule has 1 aromatic heterocycles. The van der Waals surface area contributed by atoms with Crippen LogP contribution in [0, 0.1) is 0 Å². The SMILES string of the molecule is CC(C)N(C)CCNC(=O)/C=C/c1ccccn1. The maximum absolute atomic E-state index is 11.5. The summed E-state index contributed by atoms with van der Waals surface area (Å²) in [5.41, 5.74) is 0.784. The fraction of sp³-hybridized carbons (Fsp3) is 0.429. The van der Waals surface area contributed by atoms with Crippen molar-refractivity contribution >= 4 is 12.0 Å². The van der Waals surface area contributed by atoms with Crippen molar-refractivity contribution in [1.29, 1.82) is 0 Å². The zero-order valence-electron chi connectivity index (χ0n) is 11.3. The molecule has 0 atom stereocenters. The normalized spacial score (nSPS) is 11.4. The molecule has 98 valence electrons. The summed E-state index contributed by atoms with van der Waals surface area (Å²) < 4.78 is 0. The molecule has 1 rings (SSSR count). The van der Waals surface area contributed by atoms with Crippen LogP contribution in [0.15, 0.2) is 30.5 Å². The highest BCUT2D eigenvalue weighted by Crippen LogP contribution is 1.95. The fourth-order valence-corrected chi connectivity index (χ4v) is 1.31. The van der Waals surface area contributed by atoms with Crippen molar-refractivity contribution in [2.75, 3.05) is 20.1 Å². The van der Waals surface area contributed by atoms with Crippen molar-refractivity contribution < 1.29 is 4.79 Å². The third kappa shape index (κ3) is 5.59. The molecule has 0 bridgehead atoms. The minimum Gasteiger partial charge on any atom is -0.351 e. The Morgan fingerprint density at radius 2 is 2.28 bits per heavy atom. The van der Waals surface area contributed by atoms with Gasteiger partial charge in [0.15, 0.2) is 0 Å². The average Bonchev–Trinajstić information content (AvgIpc) is 2.37. The van der Waals surface area contributed by atoms with Gasteiger partial charge in [0.1, 0.15) is 0 Å². The van der Waals surface area contributed by atoms with Gasteiger partial charge in [-0.1, -0.05) is 6.07 Å². The van der Waals surface area contributed by atoms with E-state index in [1.165, 1.54) is 6.08 Å². The van der Waals surface area contributed by atoms with Gasteiger partial charge < -0.3 is 10.2 Å². The number of hydrogen-bond acceptors (Lipinski definition) is 3. The van der Waals surface area contributed by atoms with Crippen molar-refractivity contribution in [3.63, 3.8) is 0 Å². The first kappa shape index (κ1) is 14.4. The van der Waals surface area contributed by atoms with Gasteiger partial charge in [-0.15, -0.1) is 0 Å². The molecule has 18 heavy (non-hydrogen) atoms. The van der Waals surface area contributed by atoms with Gasteiger partial charge in [0.25, 0.3) is 0 Å². The second kappa shape index (κ2) is 7.61. The van der Waals surface area contributed by atoms with Gasteiger partial charge in [0, 0.05) is 31.4 Å².